The van der Waals surface area contributed by atoms with E-state index in [-0.39, 0.29) is 12.3 Å². The molecule has 0 spiro atoms. The predicted octanol–water partition coefficient (Wildman–Crippen LogP) is 4.67. The van der Waals surface area contributed by atoms with E-state index >= 15 is 0 Å². The molecule has 2 aliphatic rings. The smallest absolute Gasteiger partial charge is 0.150 e. The normalized spacial score (nSPS) is 20.9. The van der Waals surface area contributed by atoms with Gasteiger partial charge in [-0.1, -0.05) is 18.2 Å². The van der Waals surface area contributed by atoms with Crippen LogP contribution >= 0.6 is 0 Å². The number of anilines is 2. The second-order valence-electron chi connectivity index (χ2n) is 9.27. The number of fused-ring (bicyclic) bond motifs is 1. The Bertz CT molecular complexity index is 1350. The van der Waals surface area contributed by atoms with Crippen LogP contribution in [0.1, 0.15) is 32.4 Å². The van der Waals surface area contributed by atoms with Crippen LogP contribution < -0.4 is 10.6 Å². The Kier molecular flexibility index (Phi) is 5.83. The van der Waals surface area contributed by atoms with Gasteiger partial charge < -0.3 is 20.1 Å². The topological polar surface area (TPSA) is 91.3 Å². The third kappa shape index (κ3) is 4.02. The Hall–Kier alpha value is -3.49. The molecule has 1 unspecified atom stereocenters. The first kappa shape index (κ1) is 22.0. The third-order valence-electron chi connectivity index (χ3n) is 6.97. The lowest BCUT2D eigenvalue weighted by Gasteiger charge is -2.34. The zero-order valence-electron chi connectivity index (χ0n) is 19.9. The highest BCUT2D eigenvalue weighted by atomic mass is 16.5. The molecule has 2 N–H and O–H groups in total. The number of nitrogens with zero attached hydrogens (tertiary/aromatic N) is 5. The molecule has 0 bridgehead atoms. The van der Waals surface area contributed by atoms with E-state index < -0.39 is 0 Å². The molecule has 2 saturated heterocycles. The first-order chi connectivity index (χ1) is 17.2. The van der Waals surface area contributed by atoms with Crippen molar-refractivity contribution < 1.29 is 9.47 Å². The van der Waals surface area contributed by atoms with Gasteiger partial charge in [-0.3, -0.25) is 4.98 Å². The van der Waals surface area contributed by atoms with E-state index in [9.17, 15) is 0 Å². The average molecular weight is 471 g/mol. The molecular formula is C27H30N6O2. The number of rotatable bonds is 4. The van der Waals surface area contributed by atoms with Crippen molar-refractivity contribution in [1.82, 2.24) is 19.7 Å². The highest BCUT2D eigenvalue weighted by Gasteiger charge is 2.25. The Morgan fingerprint density at radius 1 is 1.03 bits per heavy atom. The molecule has 0 aliphatic carbocycles. The SMILES string of the molecule is C[C@@H]1COCCN1c1cc(-c2ccccc2N)c2ccnc(-c3ccnn3C3CCCCO3)c2n1. The van der Waals surface area contributed by atoms with Crippen LogP contribution in [0.5, 0.6) is 0 Å². The zero-order valence-corrected chi connectivity index (χ0v) is 19.9. The molecule has 5 heterocycles. The molecule has 0 saturated carbocycles. The van der Waals surface area contributed by atoms with Crippen molar-refractivity contribution in [1.29, 1.82) is 0 Å². The number of para-hydroxylation sites is 1. The van der Waals surface area contributed by atoms with Crippen molar-refractivity contribution in [3.8, 4) is 22.5 Å². The molecule has 8 nitrogen and oxygen atoms in total. The minimum atomic E-state index is -0.0857. The van der Waals surface area contributed by atoms with Crippen LogP contribution in [-0.4, -0.2) is 52.2 Å². The molecule has 3 aromatic heterocycles. The van der Waals surface area contributed by atoms with Gasteiger partial charge in [-0.05, 0) is 56.0 Å². The van der Waals surface area contributed by atoms with Gasteiger partial charge in [0.25, 0.3) is 0 Å². The van der Waals surface area contributed by atoms with Crippen LogP contribution in [0.15, 0.2) is 54.9 Å². The number of morpholine rings is 1. The van der Waals surface area contributed by atoms with Crippen molar-refractivity contribution in [2.45, 2.75) is 38.5 Å². The number of pyridine rings is 2. The Morgan fingerprint density at radius 3 is 2.77 bits per heavy atom. The molecule has 2 fully saturated rings. The van der Waals surface area contributed by atoms with Crippen LogP contribution in [0.4, 0.5) is 11.5 Å². The second-order valence-corrected chi connectivity index (χ2v) is 9.27. The van der Waals surface area contributed by atoms with Gasteiger partial charge in [-0.15, -0.1) is 0 Å². The number of aromatic nitrogens is 4. The van der Waals surface area contributed by atoms with Crippen molar-refractivity contribution in [2.75, 3.05) is 37.0 Å². The first-order valence-corrected chi connectivity index (χ1v) is 12.4. The fourth-order valence-corrected chi connectivity index (χ4v) is 5.15. The Labute approximate surface area is 204 Å². The van der Waals surface area contributed by atoms with Gasteiger partial charge in [-0.25, -0.2) is 9.67 Å². The van der Waals surface area contributed by atoms with Gasteiger partial charge in [0.05, 0.1) is 24.9 Å². The largest absolute Gasteiger partial charge is 0.398 e. The Balaban J connectivity index is 1.58. The number of ether oxygens (including phenoxy) is 2. The minimum absolute atomic E-state index is 0.0857. The van der Waals surface area contributed by atoms with Gasteiger partial charge in [-0.2, -0.15) is 5.10 Å². The van der Waals surface area contributed by atoms with E-state index in [1.165, 1.54) is 0 Å². The highest BCUT2D eigenvalue weighted by Crippen LogP contribution is 2.38. The van der Waals surface area contributed by atoms with Gasteiger partial charge in [0.15, 0.2) is 6.23 Å². The summed E-state index contributed by atoms with van der Waals surface area (Å²) in [6, 6.07) is 14.4. The van der Waals surface area contributed by atoms with Crippen molar-refractivity contribution in [3.63, 3.8) is 0 Å². The first-order valence-electron chi connectivity index (χ1n) is 12.4. The number of benzene rings is 1. The molecule has 8 heteroatoms. The quantitative estimate of drug-likeness (QED) is 0.434. The predicted molar refractivity (Wildman–Crippen MR) is 137 cm³/mol. The van der Waals surface area contributed by atoms with Crippen LogP contribution in [0.3, 0.4) is 0 Å². The van der Waals surface area contributed by atoms with E-state index in [4.69, 9.17) is 25.2 Å². The van der Waals surface area contributed by atoms with Gasteiger partial charge >= 0.3 is 0 Å². The molecule has 2 atom stereocenters. The molecule has 6 rings (SSSR count). The number of hydrogen-bond donors (Lipinski definition) is 1. The Morgan fingerprint density at radius 2 is 1.94 bits per heavy atom. The fourth-order valence-electron chi connectivity index (χ4n) is 5.15. The molecule has 4 aromatic rings. The highest BCUT2D eigenvalue weighted by molar-refractivity contribution is 6.03. The van der Waals surface area contributed by atoms with E-state index in [0.717, 1.165) is 77.3 Å². The van der Waals surface area contributed by atoms with E-state index in [0.29, 0.717) is 13.2 Å². The molecule has 2 aliphatic heterocycles. The van der Waals surface area contributed by atoms with Crippen molar-refractivity contribution >= 4 is 22.4 Å². The molecule has 1 aromatic carbocycles. The maximum absolute atomic E-state index is 6.45. The summed E-state index contributed by atoms with van der Waals surface area (Å²) < 4.78 is 13.7. The van der Waals surface area contributed by atoms with E-state index in [1.807, 2.05) is 47.4 Å². The summed E-state index contributed by atoms with van der Waals surface area (Å²) >= 11 is 0. The lowest BCUT2D eigenvalue weighted by Crippen LogP contribution is -2.44. The lowest BCUT2D eigenvalue weighted by molar-refractivity contribution is -0.0383. The fraction of sp³-hybridized carbons (Fsp3) is 0.370. The summed E-state index contributed by atoms with van der Waals surface area (Å²) in [6.45, 7) is 5.06. The monoisotopic (exact) mass is 470 g/mol. The van der Waals surface area contributed by atoms with Gasteiger partial charge in [0, 0.05) is 42.2 Å². The maximum atomic E-state index is 6.45. The summed E-state index contributed by atoms with van der Waals surface area (Å²) in [4.78, 5) is 12.3. The van der Waals surface area contributed by atoms with Crippen molar-refractivity contribution in [3.05, 3.63) is 54.9 Å². The number of hydrogen-bond acceptors (Lipinski definition) is 7. The van der Waals surface area contributed by atoms with Crippen LogP contribution in [-0.2, 0) is 9.47 Å². The van der Waals surface area contributed by atoms with Gasteiger partial charge in [0.1, 0.15) is 17.0 Å². The summed E-state index contributed by atoms with van der Waals surface area (Å²) in [6.07, 6.45) is 6.73. The summed E-state index contributed by atoms with van der Waals surface area (Å²) in [7, 11) is 0. The molecular weight excluding hydrogens is 440 g/mol. The summed E-state index contributed by atoms with van der Waals surface area (Å²) in [5, 5.41) is 5.63. The van der Waals surface area contributed by atoms with Gasteiger partial charge in [0.2, 0.25) is 0 Å². The van der Waals surface area contributed by atoms with Crippen molar-refractivity contribution in [2.24, 2.45) is 0 Å². The molecule has 35 heavy (non-hydrogen) atoms. The average Bonchev–Trinajstić information content (AvgIpc) is 3.39. The van der Waals surface area contributed by atoms with E-state index in [1.54, 1.807) is 0 Å². The summed E-state index contributed by atoms with van der Waals surface area (Å²) in [5.41, 5.74) is 11.8. The molecule has 0 radical (unpaired) electrons. The molecule has 180 valence electrons. The lowest BCUT2D eigenvalue weighted by atomic mass is 9.98. The zero-order chi connectivity index (χ0) is 23.8. The van der Waals surface area contributed by atoms with Crippen LogP contribution in [0.25, 0.3) is 33.4 Å². The summed E-state index contributed by atoms with van der Waals surface area (Å²) in [5.74, 6) is 0.904. The second kappa shape index (κ2) is 9.28. The standard InChI is InChI=1S/C27H30N6O2/c1-18-17-34-15-13-32(18)24-16-21(19-6-2-3-7-22(19)28)20-9-11-29-27(26(20)31-24)23-10-12-30-33(23)25-8-4-5-14-35-25/h2-3,6-7,9-12,16,18,25H,4-5,8,13-15,17,28H2,1H3/t18-,25?/m1/s1. The number of nitrogen functional groups attached to an aromatic ring is 1. The molecule has 0 amide bonds. The van der Waals surface area contributed by atoms with E-state index in [2.05, 4.69) is 29.1 Å². The minimum Gasteiger partial charge on any atom is -0.398 e. The maximum Gasteiger partial charge on any atom is 0.150 e. The van der Waals surface area contributed by atoms with Crippen LogP contribution in [0.2, 0.25) is 0 Å². The van der Waals surface area contributed by atoms with Crippen LogP contribution in [0, 0.1) is 0 Å². The third-order valence-corrected chi connectivity index (χ3v) is 6.97. The number of nitrogens with two attached hydrogens (primary N) is 1.